The molecule has 3 amide bonds. The van der Waals surface area contributed by atoms with Gasteiger partial charge in [0.25, 0.3) is 0 Å². The number of hydrogen-bond acceptors (Lipinski definition) is 5. The molecule has 1 aromatic rings. The summed E-state index contributed by atoms with van der Waals surface area (Å²) in [5.74, 6) is 0.483. The number of phenolic OH excluding ortho intramolecular Hbond substituents is 1. The summed E-state index contributed by atoms with van der Waals surface area (Å²) in [5.41, 5.74) is 8.43. The number of nitrogens with two attached hydrogens (primary N) is 1. The molecule has 0 saturated heterocycles. The van der Waals surface area contributed by atoms with E-state index in [1.54, 1.807) is 0 Å². The topological polar surface area (TPSA) is 105 Å². The van der Waals surface area contributed by atoms with Gasteiger partial charge in [0.1, 0.15) is 17.1 Å². The van der Waals surface area contributed by atoms with Crippen molar-refractivity contribution < 1.29 is 19.4 Å². The molecule has 0 aromatic heterocycles. The third kappa shape index (κ3) is 5.69. The second-order valence-electron chi connectivity index (χ2n) is 10.5. The van der Waals surface area contributed by atoms with Crippen LogP contribution in [-0.4, -0.2) is 47.2 Å². The highest BCUT2D eigenvalue weighted by molar-refractivity contribution is 5.94. The second-order valence-corrected chi connectivity index (χ2v) is 10.5. The Morgan fingerprint density at radius 3 is 2.64 bits per heavy atom. The third-order valence-corrected chi connectivity index (χ3v) is 6.97. The van der Waals surface area contributed by atoms with E-state index in [1.165, 1.54) is 19.3 Å². The molecule has 0 unspecified atom stereocenters. The van der Waals surface area contributed by atoms with E-state index < -0.39 is 17.5 Å². The van der Waals surface area contributed by atoms with Crippen LogP contribution in [0.5, 0.6) is 11.5 Å². The fourth-order valence-electron chi connectivity index (χ4n) is 5.08. The number of urea groups is 1. The van der Waals surface area contributed by atoms with Gasteiger partial charge < -0.3 is 15.6 Å². The minimum atomic E-state index is -0.850. The molecule has 33 heavy (non-hydrogen) atoms. The Bertz CT molecular complexity index is 949. The number of nitrogens with zero attached hydrogens (tertiary/aromatic N) is 1. The minimum Gasteiger partial charge on any atom is -0.507 e. The first-order valence-electron chi connectivity index (χ1n) is 12.1. The number of rotatable bonds is 8. The molecule has 0 aliphatic carbocycles. The smallest absolute Gasteiger partial charge is 0.318 e. The fourth-order valence-corrected chi connectivity index (χ4v) is 5.08. The molecular weight excluding hydrogens is 418 g/mol. The van der Waals surface area contributed by atoms with E-state index in [0.717, 1.165) is 41.5 Å². The van der Waals surface area contributed by atoms with Crippen molar-refractivity contribution in [2.75, 3.05) is 19.6 Å². The van der Waals surface area contributed by atoms with Crippen LogP contribution < -0.4 is 15.8 Å². The van der Waals surface area contributed by atoms with Crippen molar-refractivity contribution in [3.63, 3.8) is 0 Å². The summed E-state index contributed by atoms with van der Waals surface area (Å²) in [6, 6.07) is 3.11. The van der Waals surface area contributed by atoms with E-state index in [9.17, 15) is 14.7 Å². The normalized spacial score (nSPS) is 17.7. The van der Waals surface area contributed by atoms with Gasteiger partial charge in [-0.3, -0.25) is 15.0 Å². The number of amides is 3. The Labute approximate surface area is 197 Å². The van der Waals surface area contributed by atoms with Crippen molar-refractivity contribution in [2.45, 2.75) is 84.2 Å². The summed E-state index contributed by atoms with van der Waals surface area (Å²) in [6.45, 7) is 12.0. The molecule has 2 aliphatic heterocycles. The monoisotopic (exact) mass is 457 g/mol. The fraction of sp³-hybridized carbons (Fsp3) is 0.615. The van der Waals surface area contributed by atoms with E-state index in [2.05, 4.69) is 46.0 Å². The van der Waals surface area contributed by atoms with E-state index in [0.29, 0.717) is 18.8 Å². The molecule has 0 bridgehead atoms. The molecule has 0 saturated carbocycles. The zero-order chi connectivity index (χ0) is 24.4. The van der Waals surface area contributed by atoms with Crippen LogP contribution in [0.3, 0.4) is 0 Å². The molecule has 2 aliphatic rings. The maximum absolute atomic E-state index is 12.1. The van der Waals surface area contributed by atoms with Crippen molar-refractivity contribution in [3.05, 3.63) is 28.8 Å². The van der Waals surface area contributed by atoms with Crippen molar-refractivity contribution in [1.82, 2.24) is 10.2 Å². The zero-order valence-corrected chi connectivity index (χ0v) is 20.7. The Morgan fingerprint density at radius 2 is 1.97 bits per heavy atom. The number of carbonyl (C=O) groups excluding carboxylic acids is 2. The number of imide groups is 1. The van der Waals surface area contributed by atoms with Crippen LogP contribution in [0.15, 0.2) is 17.7 Å². The van der Waals surface area contributed by atoms with E-state index in [4.69, 9.17) is 10.5 Å². The molecule has 0 spiro atoms. The Hall–Kier alpha value is -2.54. The number of primary amides is 1. The molecule has 1 aromatic carbocycles. The van der Waals surface area contributed by atoms with Gasteiger partial charge in [0.2, 0.25) is 5.91 Å². The standard InChI is InChI=1S/C26H39N3O4/c1-6-7-8-9-11-25(2,3)17-13-20(30)23-18-15-29(16-22(31)28-24(27)32)12-10-19(18)26(4,5)33-21(23)14-17/h13-14,30H,6-12,15-16H2,1-5H3,(H3,27,28,31,32). The lowest BCUT2D eigenvalue weighted by molar-refractivity contribution is -0.121. The number of nitrogens with one attached hydrogen (secondary N) is 1. The number of aromatic hydroxyl groups is 1. The highest BCUT2D eigenvalue weighted by atomic mass is 16.5. The van der Waals surface area contributed by atoms with Crippen LogP contribution in [0.25, 0.3) is 5.57 Å². The molecule has 0 atom stereocenters. The highest BCUT2D eigenvalue weighted by Gasteiger charge is 2.40. The van der Waals surface area contributed by atoms with Gasteiger partial charge in [-0.15, -0.1) is 0 Å². The SMILES string of the molecule is CCCCCCC(C)(C)c1cc(O)c2c(c1)OC(C)(C)C1=C2CN(CC(=O)NC(N)=O)CC1. The van der Waals surface area contributed by atoms with Crippen LogP contribution in [0.4, 0.5) is 4.79 Å². The summed E-state index contributed by atoms with van der Waals surface area (Å²) in [6.07, 6.45) is 6.59. The number of benzene rings is 1. The van der Waals surface area contributed by atoms with Crippen LogP contribution in [0, 0.1) is 0 Å². The van der Waals surface area contributed by atoms with E-state index >= 15 is 0 Å². The predicted octanol–water partition coefficient (Wildman–Crippen LogP) is 4.47. The predicted molar refractivity (Wildman–Crippen MR) is 130 cm³/mol. The Kier molecular flexibility index (Phi) is 7.42. The molecule has 0 radical (unpaired) electrons. The van der Waals surface area contributed by atoms with Gasteiger partial charge in [-0.25, -0.2) is 4.79 Å². The molecule has 7 nitrogen and oxygen atoms in total. The number of carbonyl (C=O) groups is 2. The third-order valence-electron chi connectivity index (χ3n) is 6.97. The average molecular weight is 458 g/mol. The van der Waals surface area contributed by atoms with Gasteiger partial charge in [-0.05, 0) is 60.9 Å². The Balaban J connectivity index is 1.89. The number of phenols is 1. The summed E-state index contributed by atoms with van der Waals surface area (Å²) >= 11 is 0. The van der Waals surface area contributed by atoms with E-state index in [1.807, 2.05) is 11.0 Å². The van der Waals surface area contributed by atoms with Gasteiger partial charge in [-0.1, -0.05) is 46.5 Å². The quantitative estimate of drug-likeness (QED) is 0.500. The zero-order valence-electron chi connectivity index (χ0n) is 20.7. The average Bonchev–Trinajstić information content (AvgIpc) is 2.69. The van der Waals surface area contributed by atoms with Gasteiger partial charge >= 0.3 is 6.03 Å². The van der Waals surface area contributed by atoms with Crippen molar-refractivity contribution >= 4 is 17.5 Å². The van der Waals surface area contributed by atoms with E-state index in [-0.39, 0.29) is 17.7 Å². The molecule has 3 rings (SSSR count). The van der Waals surface area contributed by atoms with Crippen LogP contribution in [0.1, 0.15) is 84.3 Å². The summed E-state index contributed by atoms with van der Waals surface area (Å²) < 4.78 is 6.44. The maximum atomic E-state index is 12.1. The molecule has 7 heteroatoms. The molecular formula is C26H39N3O4. The highest BCUT2D eigenvalue weighted by Crippen LogP contribution is 2.49. The van der Waals surface area contributed by atoms with Gasteiger partial charge in [0.05, 0.1) is 12.1 Å². The number of unbranched alkanes of at least 4 members (excludes halogenated alkanes) is 3. The lowest BCUT2D eigenvalue weighted by atomic mass is 9.77. The van der Waals surface area contributed by atoms with Crippen LogP contribution >= 0.6 is 0 Å². The van der Waals surface area contributed by atoms with Gasteiger partial charge in [0, 0.05) is 13.1 Å². The van der Waals surface area contributed by atoms with Crippen molar-refractivity contribution in [1.29, 1.82) is 0 Å². The van der Waals surface area contributed by atoms with Crippen molar-refractivity contribution in [2.24, 2.45) is 5.73 Å². The first-order chi connectivity index (χ1) is 15.4. The molecule has 182 valence electrons. The summed E-state index contributed by atoms with van der Waals surface area (Å²) in [4.78, 5) is 25.0. The molecule has 4 N–H and O–H groups in total. The van der Waals surface area contributed by atoms with Gasteiger partial charge in [-0.2, -0.15) is 0 Å². The summed E-state index contributed by atoms with van der Waals surface area (Å²) in [5, 5.41) is 13.3. The minimum absolute atomic E-state index is 0.0694. The maximum Gasteiger partial charge on any atom is 0.318 e. The second kappa shape index (κ2) is 9.75. The Morgan fingerprint density at radius 1 is 1.24 bits per heavy atom. The molecule has 0 fully saturated rings. The van der Waals surface area contributed by atoms with Crippen LogP contribution in [-0.2, 0) is 10.2 Å². The van der Waals surface area contributed by atoms with Crippen LogP contribution in [0.2, 0.25) is 0 Å². The lowest BCUT2D eigenvalue weighted by Gasteiger charge is -2.42. The van der Waals surface area contributed by atoms with Crippen molar-refractivity contribution in [3.8, 4) is 11.5 Å². The summed E-state index contributed by atoms with van der Waals surface area (Å²) in [7, 11) is 0. The number of fused-ring (bicyclic) bond motifs is 2. The van der Waals surface area contributed by atoms with Gasteiger partial charge in [0.15, 0.2) is 0 Å². The number of hydrogen-bond donors (Lipinski definition) is 3. The first kappa shape index (κ1) is 25.1. The largest absolute Gasteiger partial charge is 0.507 e. The molecule has 2 heterocycles. The lowest BCUT2D eigenvalue weighted by Crippen LogP contribution is -2.46. The number of ether oxygens (including phenoxy) is 1. The first-order valence-corrected chi connectivity index (χ1v) is 12.1.